The number of sulfonamides is 1. The molecule has 0 saturated carbocycles. The number of carbonyl (C=O) groups is 1. The minimum atomic E-state index is -3.94. The van der Waals surface area contributed by atoms with Gasteiger partial charge in [-0.3, -0.25) is 9.52 Å². The molecule has 1 aliphatic heterocycles. The first-order valence-corrected chi connectivity index (χ1v) is 10.8. The Kier molecular flexibility index (Phi) is 7.14. The van der Waals surface area contributed by atoms with Crippen LogP contribution in [0.4, 0.5) is 17.1 Å². The van der Waals surface area contributed by atoms with Crippen LogP contribution in [-0.2, 0) is 24.3 Å². The largest absolute Gasteiger partial charge is 0.497 e. The Labute approximate surface area is 176 Å². The molecule has 2 aromatic carbocycles. The molecule has 0 aliphatic carbocycles. The number of benzene rings is 2. The Morgan fingerprint density at radius 2 is 1.73 bits per heavy atom. The monoisotopic (exact) mass is 435 g/mol. The maximum absolute atomic E-state index is 13.2. The van der Waals surface area contributed by atoms with Crippen LogP contribution in [0.15, 0.2) is 47.4 Å². The van der Waals surface area contributed by atoms with Crippen LogP contribution in [0.25, 0.3) is 0 Å². The fourth-order valence-corrected chi connectivity index (χ4v) is 4.38. The normalized spacial score (nSPS) is 14.3. The third kappa shape index (κ3) is 5.41. The van der Waals surface area contributed by atoms with Gasteiger partial charge >= 0.3 is 0 Å². The highest BCUT2D eigenvalue weighted by molar-refractivity contribution is 7.92. The molecule has 0 unspecified atom stereocenters. The van der Waals surface area contributed by atoms with Crippen molar-refractivity contribution in [1.29, 1.82) is 0 Å². The van der Waals surface area contributed by atoms with Gasteiger partial charge in [0.05, 0.1) is 26.0 Å². The molecule has 3 rings (SSSR count). The average Bonchev–Trinajstić information content (AvgIpc) is 2.75. The number of rotatable bonds is 8. The zero-order valence-electron chi connectivity index (χ0n) is 16.9. The van der Waals surface area contributed by atoms with Gasteiger partial charge in [-0.05, 0) is 42.5 Å². The summed E-state index contributed by atoms with van der Waals surface area (Å²) >= 11 is 0. The molecule has 30 heavy (non-hydrogen) atoms. The van der Waals surface area contributed by atoms with Gasteiger partial charge in [-0.1, -0.05) is 0 Å². The molecular formula is C20H25N3O6S. The number of nitrogens with zero attached hydrogens (tertiary/aromatic N) is 1. The molecular weight excluding hydrogens is 410 g/mol. The summed E-state index contributed by atoms with van der Waals surface area (Å²) in [6.45, 7) is 2.04. The van der Waals surface area contributed by atoms with E-state index in [0.29, 0.717) is 49.1 Å². The fraction of sp³-hybridized carbons (Fsp3) is 0.350. The minimum Gasteiger partial charge on any atom is -0.497 e. The molecule has 2 aromatic rings. The van der Waals surface area contributed by atoms with Crippen LogP contribution in [0.3, 0.4) is 0 Å². The molecule has 0 atom stereocenters. The molecule has 1 saturated heterocycles. The molecule has 1 heterocycles. The second-order valence-corrected chi connectivity index (χ2v) is 8.25. The summed E-state index contributed by atoms with van der Waals surface area (Å²) < 4.78 is 44.4. The molecule has 0 aromatic heterocycles. The summed E-state index contributed by atoms with van der Waals surface area (Å²) in [7, 11) is -0.988. The highest BCUT2D eigenvalue weighted by atomic mass is 32.2. The van der Waals surface area contributed by atoms with Crippen LogP contribution >= 0.6 is 0 Å². The first kappa shape index (κ1) is 21.9. The van der Waals surface area contributed by atoms with Crippen molar-refractivity contribution in [2.75, 3.05) is 62.1 Å². The van der Waals surface area contributed by atoms with E-state index in [0.717, 1.165) is 0 Å². The number of hydrogen-bond donors (Lipinski definition) is 2. The first-order chi connectivity index (χ1) is 14.4. The summed E-state index contributed by atoms with van der Waals surface area (Å²) in [5.74, 6) is 0.248. The zero-order valence-corrected chi connectivity index (χ0v) is 17.7. The zero-order chi connectivity index (χ0) is 21.6. The summed E-state index contributed by atoms with van der Waals surface area (Å²) in [4.78, 5) is 13.9. The van der Waals surface area contributed by atoms with Gasteiger partial charge < -0.3 is 24.4 Å². The van der Waals surface area contributed by atoms with E-state index in [1.165, 1.54) is 20.3 Å². The molecule has 9 nitrogen and oxygen atoms in total. The van der Waals surface area contributed by atoms with Crippen LogP contribution in [-0.4, -0.2) is 61.5 Å². The van der Waals surface area contributed by atoms with Crippen LogP contribution < -0.4 is 19.7 Å². The highest BCUT2D eigenvalue weighted by Gasteiger charge is 2.24. The lowest BCUT2D eigenvalue weighted by molar-refractivity contribution is -0.119. The molecule has 2 N–H and O–H groups in total. The van der Waals surface area contributed by atoms with Crippen molar-refractivity contribution >= 4 is 33.0 Å². The van der Waals surface area contributed by atoms with E-state index in [1.54, 1.807) is 36.4 Å². The van der Waals surface area contributed by atoms with E-state index in [2.05, 4.69) is 10.0 Å². The SMILES string of the molecule is COCC(=O)Nc1ccc(N2CCOCC2)c(S(=O)(=O)Nc2ccc(OC)cc2)c1. The number of morpholine rings is 1. The van der Waals surface area contributed by atoms with Crippen molar-refractivity contribution in [2.24, 2.45) is 0 Å². The van der Waals surface area contributed by atoms with Gasteiger partial charge in [0.15, 0.2) is 0 Å². The smallest absolute Gasteiger partial charge is 0.264 e. The lowest BCUT2D eigenvalue weighted by Crippen LogP contribution is -2.37. The molecule has 0 radical (unpaired) electrons. The van der Waals surface area contributed by atoms with Gasteiger partial charge in [0.25, 0.3) is 10.0 Å². The van der Waals surface area contributed by atoms with Crippen LogP contribution in [0, 0.1) is 0 Å². The Hall–Kier alpha value is -2.82. The Bertz CT molecular complexity index is 973. The maximum Gasteiger partial charge on any atom is 0.264 e. The molecule has 1 fully saturated rings. The second kappa shape index (κ2) is 9.79. The maximum atomic E-state index is 13.2. The van der Waals surface area contributed by atoms with Crippen molar-refractivity contribution in [1.82, 2.24) is 0 Å². The van der Waals surface area contributed by atoms with E-state index in [4.69, 9.17) is 14.2 Å². The predicted molar refractivity (Wildman–Crippen MR) is 114 cm³/mol. The van der Waals surface area contributed by atoms with Crippen LogP contribution in [0.1, 0.15) is 0 Å². The van der Waals surface area contributed by atoms with E-state index in [-0.39, 0.29) is 17.4 Å². The number of methoxy groups -OCH3 is 2. The number of carbonyl (C=O) groups excluding carboxylic acids is 1. The summed E-state index contributed by atoms with van der Waals surface area (Å²) in [6.07, 6.45) is 0. The van der Waals surface area contributed by atoms with Crippen LogP contribution in [0.5, 0.6) is 5.75 Å². The Balaban J connectivity index is 1.95. The molecule has 1 aliphatic rings. The number of amides is 1. The van der Waals surface area contributed by atoms with Crippen molar-refractivity contribution in [3.8, 4) is 5.75 Å². The number of hydrogen-bond acceptors (Lipinski definition) is 7. The number of ether oxygens (including phenoxy) is 3. The number of nitrogens with one attached hydrogen (secondary N) is 2. The topological polar surface area (TPSA) is 106 Å². The lowest BCUT2D eigenvalue weighted by atomic mass is 10.2. The van der Waals surface area contributed by atoms with Gasteiger partial charge in [-0.25, -0.2) is 8.42 Å². The quantitative estimate of drug-likeness (QED) is 0.652. The van der Waals surface area contributed by atoms with Gasteiger partial charge in [0.1, 0.15) is 17.3 Å². The molecule has 0 spiro atoms. The van der Waals surface area contributed by atoms with Crippen LogP contribution in [0.2, 0.25) is 0 Å². The fourth-order valence-electron chi connectivity index (χ4n) is 3.07. The Morgan fingerprint density at radius 3 is 2.37 bits per heavy atom. The van der Waals surface area contributed by atoms with Crippen molar-refractivity contribution < 1.29 is 27.4 Å². The molecule has 0 bridgehead atoms. The van der Waals surface area contributed by atoms with Gasteiger partial charge in [-0.15, -0.1) is 0 Å². The van der Waals surface area contributed by atoms with E-state index < -0.39 is 10.0 Å². The number of anilines is 3. The van der Waals surface area contributed by atoms with Gasteiger partial charge in [-0.2, -0.15) is 0 Å². The molecule has 162 valence electrons. The van der Waals surface area contributed by atoms with Crippen molar-refractivity contribution in [2.45, 2.75) is 4.90 Å². The van der Waals surface area contributed by atoms with Gasteiger partial charge in [0, 0.05) is 31.6 Å². The molecule has 1 amide bonds. The molecule has 10 heteroatoms. The first-order valence-electron chi connectivity index (χ1n) is 9.35. The van der Waals surface area contributed by atoms with Crippen molar-refractivity contribution in [3.05, 3.63) is 42.5 Å². The highest BCUT2D eigenvalue weighted by Crippen LogP contribution is 2.31. The van der Waals surface area contributed by atoms with E-state index in [9.17, 15) is 13.2 Å². The third-order valence-electron chi connectivity index (χ3n) is 4.50. The average molecular weight is 436 g/mol. The predicted octanol–water partition coefficient (Wildman–Crippen LogP) is 1.92. The lowest BCUT2D eigenvalue weighted by Gasteiger charge is -2.30. The minimum absolute atomic E-state index is 0.0652. The Morgan fingerprint density at radius 1 is 1.07 bits per heavy atom. The van der Waals surface area contributed by atoms with E-state index >= 15 is 0 Å². The third-order valence-corrected chi connectivity index (χ3v) is 5.91. The van der Waals surface area contributed by atoms with Crippen molar-refractivity contribution in [3.63, 3.8) is 0 Å². The summed E-state index contributed by atoms with van der Waals surface area (Å²) in [6, 6.07) is 11.4. The summed E-state index contributed by atoms with van der Waals surface area (Å²) in [5, 5.41) is 2.65. The summed E-state index contributed by atoms with van der Waals surface area (Å²) in [5.41, 5.74) is 1.31. The standard InChI is InChI=1S/C20H25N3O6S/c1-27-14-20(24)21-16-5-8-18(23-9-11-29-12-10-23)19(13-16)30(25,26)22-15-3-6-17(28-2)7-4-15/h3-8,13,22H,9-12,14H2,1-2H3,(H,21,24). The van der Waals surface area contributed by atoms with Gasteiger partial charge in [0.2, 0.25) is 5.91 Å². The van der Waals surface area contributed by atoms with E-state index in [1.807, 2.05) is 4.90 Å². The second-order valence-electron chi connectivity index (χ2n) is 6.60.